The number of hydrogen-bond donors (Lipinski definition) is 0. The summed E-state index contributed by atoms with van der Waals surface area (Å²) in [6.07, 6.45) is 1.41. The van der Waals surface area contributed by atoms with E-state index in [2.05, 4.69) is 12.1 Å². The van der Waals surface area contributed by atoms with Crippen molar-refractivity contribution in [2.24, 2.45) is 7.05 Å². The summed E-state index contributed by atoms with van der Waals surface area (Å²) in [6.45, 7) is -3.14. The van der Waals surface area contributed by atoms with E-state index >= 15 is 0 Å². The molecule has 0 radical (unpaired) electrons. The van der Waals surface area contributed by atoms with E-state index in [1.165, 1.54) is 12.3 Å². The molecule has 0 saturated carbocycles. The number of aromatic nitrogens is 1. The molecule has 0 N–H and O–H groups in total. The molecule has 0 aliphatic heterocycles. The zero-order chi connectivity index (χ0) is 23.7. The van der Waals surface area contributed by atoms with E-state index < -0.39 is 13.7 Å². The maximum absolute atomic E-state index is 7.93. The lowest BCUT2D eigenvalue weighted by atomic mass is 9.98. The van der Waals surface area contributed by atoms with Crippen molar-refractivity contribution in [2.45, 2.75) is 20.6 Å². The molecule has 132 valence electrons. The number of pyridine rings is 1. The van der Waals surface area contributed by atoms with Gasteiger partial charge < -0.3 is 4.42 Å². The number of rotatable bonds is 1. The SMILES string of the molecule is [2H]C([2H])([2H])c1cc(-c2cc3c(cc2C)oc2cc4ccccc4cc23)[n+](C)cc1C([2H])([2H])[2H]. The van der Waals surface area contributed by atoms with E-state index in [1.54, 1.807) is 11.6 Å². The highest BCUT2D eigenvalue weighted by Crippen LogP contribution is 2.36. The fraction of sp³-hybridized carbons (Fsp3) is 0.160. The predicted octanol–water partition coefficient (Wildman–Crippen LogP) is 6.16. The van der Waals surface area contributed by atoms with E-state index in [0.29, 0.717) is 5.69 Å². The van der Waals surface area contributed by atoms with Gasteiger partial charge in [-0.15, -0.1) is 0 Å². The summed E-state index contributed by atoms with van der Waals surface area (Å²) >= 11 is 0. The number of aryl methyl sites for hydroxylation is 4. The first-order chi connectivity index (χ1) is 15.4. The third-order valence-electron chi connectivity index (χ3n) is 5.23. The van der Waals surface area contributed by atoms with Crippen molar-refractivity contribution in [1.82, 2.24) is 0 Å². The monoisotopic (exact) mass is 358 g/mol. The van der Waals surface area contributed by atoms with Crippen molar-refractivity contribution in [3.63, 3.8) is 0 Å². The van der Waals surface area contributed by atoms with Crippen LogP contribution in [0.1, 0.15) is 24.9 Å². The van der Waals surface area contributed by atoms with Crippen LogP contribution in [0.3, 0.4) is 0 Å². The molecule has 2 nitrogen and oxygen atoms in total. The first kappa shape index (κ1) is 10.9. The highest BCUT2D eigenvalue weighted by atomic mass is 16.3. The van der Waals surface area contributed by atoms with Crippen LogP contribution in [0.25, 0.3) is 44.0 Å². The van der Waals surface area contributed by atoms with Gasteiger partial charge in [-0.1, -0.05) is 24.3 Å². The van der Waals surface area contributed by atoms with Gasteiger partial charge in [0.05, 0.1) is 0 Å². The van der Waals surface area contributed by atoms with Crippen LogP contribution in [0.2, 0.25) is 0 Å². The van der Waals surface area contributed by atoms with Crippen LogP contribution in [-0.2, 0) is 7.05 Å². The first-order valence-electron chi connectivity index (χ1n) is 11.8. The third kappa shape index (κ3) is 2.44. The van der Waals surface area contributed by atoms with Crippen LogP contribution in [0, 0.1) is 20.6 Å². The van der Waals surface area contributed by atoms with Crippen molar-refractivity contribution in [2.75, 3.05) is 0 Å². The molecule has 0 atom stereocenters. The lowest BCUT2D eigenvalue weighted by Crippen LogP contribution is -2.31. The molecule has 2 aromatic heterocycles. The lowest BCUT2D eigenvalue weighted by molar-refractivity contribution is -0.660. The van der Waals surface area contributed by atoms with E-state index in [0.717, 1.165) is 43.8 Å². The number of fused-ring (bicyclic) bond motifs is 4. The molecule has 0 spiro atoms. The Kier molecular flexibility index (Phi) is 2.29. The summed E-state index contributed by atoms with van der Waals surface area (Å²) in [5, 5.41) is 4.09. The Balaban J connectivity index is 1.80. The molecule has 5 rings (SSSR count). The van der Waals surface area contributed by atoms with Gasteiger partial charge in [0.25, 0.3) is 0 Å². The molecule has 0 saturated heterocycles. The first-order valence-corrected chi connectivity index (χ1v) is 8.84. The predicted molar refractivity (Wildman–Crippen MR) is 112 cm³/mol. The number of benzene rings is 3. The zero-order valence-electron chi connectivity index (χ0n) is 21.1. The second-order valence-corrected chi connectivity index (χ2v) is 7.06. The number of nitrogens with zero attached hydrogens (tertiary/aromatic N) is 1. The van der Waals surface area contributed by atoms with Crippen LogP contribution < -0.4 is 4.57 Å². The van der Waals surface area contributed by atoms with E-state index in [4.69, 9.17) is 12.6 Å². The van der Waals surface area contributed by atoms with Crippen molar-refractivity contribution in [3.05, 3.63) is 77.5 Å². The standard InChI is InChI=1S/C25H22NO/c1-15-9-23(26(4)14-17(15)3)20-13-22-21-11-18-7-5-6-8-19(18)12-25(21)27-24(22)10-16(20)2/h5-14H,1-4H3/q+1/i1D3,3D3. The smallest absolute Gasteiger partial charge is 0.212 e. The summed E-state index contributed by atoms with van der Waals surface area (Å²) in [4.78, 5) is 0. The Morgan fingerprint density at radius 1 is 0.815 bits per heavy atom. The number of hydrogen-bond acceptors (Lipinski definition) is 1. The van der Waals surface area contributed by atoms with Gasteiger partial charge in [-0.25, -0.2) is 4.57 Å². The summed E-state index contributed by atoms with van der Waals surface area (Å²) in [5.74, 6) is 0. The maximum Gasteiger partial charge on any atom is 0.212 e. The number of furan rings is 1. The minimum atomic E-state index is -2.55. The molecule has 27 heavy (non-hydrogen) atoms. The summed E-state index contributed by atoms with van der Waals surface area (Å²) in [5.41, 5.74) is 3.57. The van der Waals surface area contributed by atoms with Gasteiger partial charge in [-0.2, -0.15) is 0 Å². The highest BCUT2D eigenvalue weighted by Gasteiger charge is 2.18. The van der Waals surface area contributed by atoms with Gasteiger partial charge in [0.2, 0.25) is 5.69 Å². The Hall–Kier alpha value is -3.13. The molecule has 0 amide bonds. The van der Waals surface area contributed by atoms with Crippen molar-refractivity contribution in [1.29, 1.82) is 0 Å². The van der Waals surface area contributed by atoms with Gasteiger partial charge in [0.1, 0.15) is 18.2 Å². The summed E-state index contributed by atoms with van der Waals surface area (Å²) < 4.78 is 55.0. The quantitative estimate of drug-likeness (QED) is 0.328. The summed E-state index contributed by atoms with van der Waals surface area (Å²) in [7, 11) is 1.73. The van der Waals surface area contributed by atoms with Crippen molar-refractivity contribution in [3.8, 4) is 11.3 Å². The molecule has 2 heteroatoms. The Labute approximate surface area is 167 Å². The Bertz CT molecular complexity index is 1560. The van der Waals surface area contributed by atoms with Gasteiger partial charge in [0, 0.05) is 36.2 Å². The minimum Gasteiger partial charge on any atom is -0.456 e. The summed E-state index contributed by atoms with van der Waals surface area (Å²) in [6, 6.07) is 17.6. The Morgan fingerprint density at radius 2 is 1.52 bits per heavy atom. The molecular formula is C25H22NO+. The molecule has 0 unspecified atom stereocenters. The largest absolute Gasteiger partial charge is 0.456 e. The molecular weight excluding hydrogens is 330 g/mol. The molecule has 3 aromatic carbocycles. The second-order valence-electron chi connectivity index (χ2n) is 7.06. The topological polar surface area (TPSA) is 17.0 Å². The van der Waals surface area contributed by atoms with E-state index in [9.17, 15) is 0 Å². The zero-order valence-corrected chi connectivity index (χ0v) is 15.1. The average Bonchev–Trinajstić information content (AvgIpc) is 3.05. The van der Waals surface area contributed by atoms with Crippen LogP contribution in [0.5, 0.6) is 0 Å². The van der Waals surface area contributed by atoms with E-state index in [-0.39, 0.29) is 11.1 Å². The maximum atomic E-state index is 7.93. The van der Waals surface area contributed by atoms with Crippen molar-refractivity contribution < 1.29 is 17.2 Å². The third-order valence-corrected chi connectivity index (χ3v) is 5.23. The van der Waals surface area contributed by atoms with Gasteiger partial charge in [-0.05, 0) is 66.8 Å². The van der Waals surface area contributed by atoms with Crippen LogP contribution in [0.15, 0.2) is 65.2 Å². The van der Waals surface area contributed by atoms with Crippen LogP contribution in [-0.4, -0.2) is 0 Å². The highest BCUT2D eigenvalue weighted by molar-refractivity contribution is 6.11. The fourth-order valence-electron chi connectivity index (χ4n) is 3.80. The van der Waals surface area contributed by atoms with Crippen molar-refractivity contribution >= 4 is 32.7 Å². The molecule has 0 aliphatic rings. The van der Waals surface area contributed by atoms with Gasteiger partial charge in [-0.3, -0.25) is 0 Å². The molecule has 5 aromatic rings. The van der Waals surface area contributed by atoms with Crippen LogP contribution >= 0.6 is 0 Å². The van der Waals surface area contributed by atoms with Crippen LogP contribution in [0.4, 0.5) is 0 Å². The lowest BCUT2D eigenvalue weighted by Gasteiger charge is -2.07. The molecule has 0 bridgehead atoms. The molecule has 2 heterocycles. The molecule has 0 fully saturated rings. The second kappa shape index (κ2) is 5.68. The van der Waals surface area contributed by atoms with Gasteiger partial charge >= 0.3 is 0 Å². The minimum absolute atomic E-state index is 0.154. The van der Waals surface area contributed by atoms with E-state index in [1.807, 2.05) is 43.3 Å². The fourth-order valence-corrected chi connectivity index (χ4v) is 3.80. The van der Waals surface area contributed by atoms with Gasteiger partial charge in [0.15, 0.2) is 6.20 Å². The average molecular weight is 358 g/mol. The normalized spacial score (nSPS) is 15.9. The molecule has 0 aliphatic carbocycles. The Morgan fingerprint density at radius 3 is 2.30 bits per heavy atom.